The Balaban J connectivity index is 2.38. The van der Waals surface area contributed by atoms with Crippen LogP contribution in [0.5, 0.6) is 0 Å². The van der Waals surface area contributed by atoms with Crippen LogP contribution in [-0.4, -0.2) is 18.1 Å². The van der Waals surface area contributed by atoms with Crippen LogP contribution < -0.4 is 0 Å². The number of ether oxygens (including phenoxy) is 1. The van der Waals surface area contributed by atoms with E-state index < -0.39 is 0 Å². The van der Waals surface area contributed by atoms with Crippen LogP contribution in [-0.2, 0) is 4.74 Å². The quantitative estimate of drug-likeness (QED) is 0.596. The third kappa shape index (κ3) is 2.73. The normalized spacial score (nSPS) is 29.8. The number of halogens is 1. The summed E-state index contributed by atoms with van der Waals surface area (Å²) in [7, 11) is 0. The molecule has 3 unspecified atom stereocenters. The first kappa shape index (κ1) is 14.3. The molecule has 0 aliphatic heterocycles. The lowest BCUT2D eigenvalue weighted by Crippen LogP contribution is -2.55. The summed E-state index contributed by atoms with van der Waals surface area (Å²) in [6, 6.07) is 0. The van der Waals surface area contributed by atoms with E-state index in [1.54, 1.807) is 0 Å². The average molecular weight is 247 g/mol. The number of alkyl halides is 1. The molecular weight excluding hydrogens is 220 g/mol. The van der Waals surface area contributed by atoms with Crippen LogP contribution in [0.3, 0.4) is 0 Å². The van der Waals surface area contributed by atoms with E-state index in [-0.39, 0.29) is 5.41 Å². The molecule has 0 bridgehead atoms. The lowest BCUT2D eigenvalue weighted by atomic mass is 9.62. The Bertz CT molecular complexity index is 201. The zero-order valence-corrected chi connectivity index (χ0v) is 12.0. The van der Waals surface area contributed by atoms with E-state index in [0.29, 0.717) is 17.4 Å². The second-order valence-electron chi connectivity index (χ2n) is 5.36. The Morgan fingerprint density at radius 1 is 1.31 bits per heavy atom. The Morgan fingerprint density at radius 2 is 1.94 bits per heavy atom. The summed E-state index contributed by atoms with van der Waals surface area (Å²) < 4.78 is 6.08. The second-order valence-corrected chi connectivity index (χ2v) is 5.89. The van der Waals surface area contributed by atoms with Gasteiger partial charge in [-0.25, -0.2) is 0 Å². The fourth-order valence-electron chi connectivity index (χ4n) is 2.94. The van der Waals surface area contributed by atoms with Gasteiger partial charge in [0.2, 0.25) is 0 Å². The van der Waals surface area contributed by atoms with E-state index in [9.17, 15) is 0 Å². The van der Waals surface area contributed by atoms with Crippen LogP contribution in [0.15, 0.2) is 0 Å². The van der Waals surface area contributed by atoms with Gasteiger partial charge in [-0.3, -0.25) is 0 Å². The Hall–Kier alpha value is 0.250. The molecule has 2 heteroatoms. The number of hydrogen-bond donors (Lipinski definition) is 0. The number of hydrogen-bond acceptors (Lipinski definition) is 1. The summed E-state index contributed by atoms with van der Waals surface area (Å²) in [5.74, 6) is 0.686. The third-order valence-electron chi connectivity index (χ3n) is 4.37. The number of rotatable bonds is 7. The van der Waals surface area contributed by atoms with Gasteiger partial charge in [-0.1, -0.05) is 34.1 Å². The molecule has 3 atom stereocenters. The Kier molecular flexibility index (Phi) is 5.60. The lowest BCUT2D eigenvalue weighted by Gasteiger charge is -2.53. The molecule has 0 heterocycles. The highest BCUT2D eigenvalue weighted by Crippen LogP contribution is 2.51. The summed E-state index contributed by atoms with van der Waals surface area (Å²) >= 11 is 6.36. The lowest BCUT2D eigenvalue weighted by molar-refractivity contribution is -0.119. The first-order valence-corrected chi connectivity index (χ1v) is 7.30. The fourth-order valence-corrected chi connectivity index (χ4v) is 3.55. The molecule has 0 spiro atoms. The molecule has 1 nitrogen and oxygen atoms in total. The predicted octanol–water partition coefficient (Wildman–Crippen LogP) is 4.63. The highest BCUT2D eigenvalue weighted by Gasteiger charge is 2.52. The van der Waals surface area contributed by atoms with Crippen molar-refractivity contribution >= 4 is 11.6 Å². The summed E-state index contributed by atoms with van der Waals surface area (Å²) in [5, 5.41) is 0.328. The van der Waals surface area contributed by atoms with Crippen molar-refractivity contribution in [1.82, 2.24) is 0 Å². The van der Waals surface area contributed by atoms with Crippen molar-refractivity contribution < 1.29 is 4.74 Å². The van der Waals surface area contributed by atoms with Gasteiger partial charge in [0.1, 0.15) is 0 Å². The zero-order chi connectivity index (χ0) is 12.2. The average Bonchev–Trinajstić information content (AvgIpc) is 2.26. The van der Waals surface area contributed by atoms with Crippen molar-refractivity contribution in [2.75, 3.05) is 6.61 Å². The molecule has 0 amide bonds. The van der Waals surface area contributed by atoms with Crippen LogP contribution in [0.4, 0.5) is 0 Å². The van der Waals surface area contributed by atoms with Gasteiger partial charge < -0.3 is 4.74 Å². The van der Waals surface area contributed by atoms with E-state index in [4.69, 9.17) is 16.3 Å². The van der Waals surface area contributed by atoms with Crippen molar-refractivity contribution in [2.45, 2.75) is 71.3 Å². The van der Waals surface area contributed by atoms with Crippen molar-refractivity contribution in [1.29, 1.82) is 0 Å². The molecule has 1 aliphatic rings. The molecule has 1 aliphatic carbocycles. The fraction of sp³-hybridized carbons (Fsp3) is 1.00. The predicted molar refractivity (Wildman–Crippen MR) is 71.1 cm³/mol. The van der Waals surface area contributed by atoms with Gasteiger partial charge in [-0.2, -0.15) is 0 Å². The highest BCUT2D eigenvalue weighted by atomic mass is 35.5. The molecule has 0 aromatic carbocycles. The Labute approximate surface area is 106 Å². The van der Waals surface area contributed by atoms with Gasteiger partial charge in [-0.15, -0.1) is 11.6 Å². The van der Waals surface area contributed by atoms with Gasteiger partial charge >= 0.3 is 0 Å². The molecule has 96 valence electrons. The van der Waals surface area contributed by atoms with E-state index in [1.807, 2.05) is 0 Å². The molecule has 1 saturated carbocycles. The molecule has 0 N–H and O–H groups in total. The smallest absolute Gasteiger partial charge is 0.0659 e. The molecule has 1 fully saturated rings. The molecule has 0 aromatic heterocycles. The van der Waals surface area contributed by atoms with Crippen molar-refractivity contribution in [3.63, 3.8) is 0 Å². The van der Waals surface area contributed by atoms with E-state index in [0.717, 1.165) is 25.9 Å². The first-order chi connectivity index (χ1) is 7.60. The van der Waals surface area contributed by atoms with Gasteiger partial charge in [-0.05, 0) is 31.6 Å². The maximum absolute atomic E-state index is 6.36. The summed E-state index contributed by atoms with van der Waals surface area (Å²) in [4.78, 5) is 0. The maximum Gasteiger partial charge on any atom is 0.0659 e. The van der Waals surface area contributed by atoms with Gasteiger partial charge in [0.05, 0.1) is 6.10 Å². The third-order valence-corrected chi connectivity index (χ3v) is 4.98. The monoisotopic (exact) mass is 246 g/mol. The second kappa shape index (κ2) is 6.26. The zero-order valence-electron chi connectivity index (χ0n) is 11.3. The van der Waals surface area contributed by atoms with E-state index in [1.165, 1.54) is 12.8 Å². The van der Waals surface area contributed by atoms with Crippen LogP contribution in [0.25, 0.3) is 0 Å². The van der Waals surface area contributed by atoms with Crippen LogP contribution in [0.2, 0.25) is 0 Å². The summed E-state index contributed by atoms with van der Waals surface area (Å²) in [6.45, 7) is 9.90. The van der Waals surface area contributed by atoms with Gasteiger partial charge in [0.25, 0.3) is 0 Å². The highest BCUT2D eigenvalue weighted by molar-refractivity contribution is 6.21. The Morgan fingerprint density at radius 3 is 2.38 bits per heavy atom. The molecule has 0 aromatic rings. The molecule has 0 radical (unpaired) electrons. The SMILES string of the molecule is CCCC(C)COC1CC(Cl)C1(CC)CC. The van der Waals surface area contributed by atoms with Crippen LogP contribution >= 0.6 is 11.6 Å². The minimum absolute atomic E-state index is 0.257. The van der Waals surface area contributed by atoms with E-state index >= 15 is 0 Å². The topological polar surface area (TPSA) is 9.23 Å². The molecule has 1 rings (SSSR count). The van der Waals surface area contributed by atoms with E-state index in [2.05, 4.69) is 27.7 Å². The first-order valence-electron chi connectivity index (χ1n) is 6.86. The summed E-state index contributed by atoms with van der Waals surface area (Å²) in [5.41, 5.74) is 0.257. The van der Waals surface area contributed by atoms with Crippen molar-refractivity contribution in [2.24, 2.45) is 11.3 Å². The summed E-state index contributed by atoms with van der Waals surface area (Å²) in [6.07, 6.45) is 6.25. The molecular formula is C14H27ClO. The molecule has 0 saturated heterocycles. The van der Waals surface area contributed by atoms with Crippen molar-refractivity contribution in [3.8, 4) is 0 Å². The van der Waals surface area contributed by atoms with Crippen molar-refractivity contribution in [3.05, 3.63) is 0 Å². The maximum atomic E-state index is 6.36. The van der Waals surface area contributed by atoms with Gasteiger partial charge in [0, 0.05) is 17.4 Å². The van der Waals surface area contributed by atoms with Crippen LogP contribution in [0, 0.1) is 11.3 Å². The van der Waals surface area contributed by atoms with Gasteiger partial charge in [0.15, 0.2) is 0 Å². The minimum Gasteiger partial charge on any atom is -0.377 e. The largest absolute Gasteiger partial charge is 0.377 e. The van der Waals surface area contributed by atoms with Crippen LogP contribution in [0.1, 0.15) is 59.8 Å². The standard InChI is InChI=1S/C14H27ClO/c1-5-8-11(4)10-16-13-9-12(15)14(13,6-2)7-3/h11-13H,5-10H2,1-4H3. The molecule has 16 heavy (non-hydrogen) atoms. The minimum atomic E-state index is 0.257.